The lowest BCUT2D eigenvalue weighted by Gasteiger charge is -2.34. The van der Waals surface area contributed by atoms with Crippen molar-refractivity contribution < 1.29 is 9.53 Å². The second-order valence-corrected chi connectivity index (χ2v) is 4.16. The molecule has 0 saturated carbocycles. The van der Waals surface area contributed by atoms with Crippen molar-refractivity contribution in [1.29, 1.82) is 0 Å². The first-order valence-corrected chi connectivity index (χ1v) is 4.64. The van der Waals surface area contributed by atoms with Gasteiger partial charge >= 0.3 is 0 Å². The van der Waals surface area contributed by atoms with Gasteiger partial charge in [-0.1, -0.05) is 13.8 Å². The summed E-state index contributed by atoms with van der Waals surface area (Å²) >= 11 is 0. The van der Waals surface area contributed by atoms with Gasteiger partial charge in [-0.2, -0.15) is 0 Å². The van der Waals surface area contributed by atoms with Crippen LogP contribution in [0.5, 0.6) is 0 Å². The van der Waals surface area contributed by atoms with E-state index in [9.17, 15) is 4.79 Å². The van der Waals surface area contributed by atoms with Crippen molar-refractivity contribution in [2.45, 2.75) is 33.6 Å². The van der Waals surface area contributed by atoms with E-state index in [0.29, 0.717) is 11.7 Å². The first-order chi connectivity index (χ1) is 5.55. The molecule has 0 bridgehead atoms. The van der Waals surface area contributed by atoms with E-state index in [0.717, 1.165) is 26.1 Å². The van der Waals surface area contributed by atoms with Crippen LogP contribution >= 0.6 is 0 Å². The van der Waals surface area contributed by atoms with Crippen LogP contribution < -0.4 is 0 Å². The first-order valence-electron chi connectivity index (χ1n) is 4.64. The second kappa shape index (κ2) is 3.56. The van der Waals surface area contributed by atoms with E-state index in [2.05, 4.69) is 0 Å². The molecule has 1 aliphatic heterocycles. The van der Waals surface area contributed by atoms with Crippen LogP contribution in [0.15, 0.2) is 0 Å². The molecule has 0 radical (unpaired) electrons. The summed E-state index contributed by atoms with van der Waals surface area (Å²) in [6.07, 6.45) is 2.07. The van der Waals surface area contributed by atoms with Gasteiger partial charge in [0.25, 0.3) is 0 Å². The minimum Gasteiger partial charge on any atom is -0.381 e. The molecule has 1 heterocycles. The van der Waals surface area contributed by atoms with Gasteiger partial charge in [0.05, 0.1) is 0 Å². The van der Waals surface area contributed by atoms with Gasteiger partial charge in [0, 0.05) is 18.6 Å². The normalized spacial score (nSPS) is 20.9. The van der Waals surface area contributed by atoms with E-state index in [-0.39, 0.29) is 5.41 Å². The van der Waals surface area contributed by atoms with Gasteiger partial charge in [0.2, 0.25) is 0 Å². The Bertz CT molecular complexity index is 167. The topological polar surface area (TPSA) is 26.3 Å². The smallest absolute Gasteiger partial charge is 0.135 e. The third-order valence-electron chi connectivity index (χ3n) is 3.15. The van der Waals surface area contributed by atoms with Crippen LogP contribution in [0.1, 0.15) is 33.6 Å². The van der Waals surface area contributed by atoms with Crippen molar-refractivity contribution in [2.24, 2.45) is 11.3 Å². The molecule has 0 aromatic rings. The minimum absolute atomic E-state index is 0.149. The van der Waals surface area contributed by atoms with Crippen LogP contribution in [-0.2, 0) is 9.53 Å². The number of hydrogen-bond acceptors (Lipinski definition) is 2. The Morgan fingerprint density at radius 1 is 1.33 bits per heavy atom. The molecular formula is C10H18O2. The summed E-state index contributed by atoms with van der Waals surface area (Å²) in [5.74, 6) is 0.818. The highest BCUT2D eigenvalue weighted by Crippen LogP contribution is 2.34. The predicted octanol–water partition coefficient (Wildman–Crippen LogP) is 2.03. The SMILES string of the molecule is CC(=O)C(C)(C)C1CCOCC1. The molecule has 0 atom stereocenters. The molecule has 1 fully saturated rings. The van der Waals surface area contributed by atoms with Crippen LogP contribution in [-0.4, -0.2) is 19.0 Å². The highest BCUT2D eigenvalue weighted by molar-refractivity contribution is 5.81. The molecule has 0 amide bonds. The highest BCUT2D eigenvalue weighted by atomic mass is 16.5. The molecule has 0 aliphatic carbocycles. The number of carbonyl (C=O) groups excluding carboxylic acids is 1. The molecular weight excluding hydrogens is 152 g/mol. The van der Waals surface area contributed by atoms with Crippen LogP contribution in [0.2, 0.25) is 0 Å². The molecule has 12 heavy (non-hydrogen) atoms. The van der Waals surface area contributed by atoms with E-state index in [1.165, 1.54) is 0 Å². The van der Waals surface area contributed by atoms with Crippen molar-refractivity contribution >= 4 is 5.78 Å². The van der Waals surface area contributed by atoms with Crippen LogP contribution in [0.4, 0.5) is 0 Å². The largest absolute Gasteiger partial charge is 0.381 e. The zero-order valence-corrected chi connectivity index (χ0v) is 8.22. The lowest BCUT2D eigenvalue weighted by molar-refractivity contribution is -0.129. The van der Waals surface area contributed by atoms with Crippen LogP contribution in [0.3, 0.4) is 0 Å². The monoisotopic (exact) mass is 170 g/mol. The van der Waals surface area contributed by atoms with Crippen LogP contribution in [0, 0.1) is 11.3 Å². The summed E-state index contributed by atoms with van der Waals surface area (Å²) in [6.45, 7) is 7.43. The van der Waals surface area contributed by atoms with Gasteiger partial charge in [-0.15, -0.1) is 0 Å². The second-order valence-electron chi connectivity index (χ2n) is 4.16. The summed E-state index contributed by atoms with van der Waals surface area (Å²) in [5, 5.41) is 0. The number of ketones is 1. The fourth-order valence-electron chi connectivity index (χ4n) is 1.71. The van der Waals surface area contributed by atoms with Gasteiger partial charge < -0.3 is 4.74 Å². The number of ether oxygens (including phenoxy) is 1. The van der Waals surface area contributed by atoms with Gasteiger partial charge in [0.1, 0.15) is 5.78 Å². The van der Waals surface area contributed by atoms with E-state index in [4.69, 9.17) is 4.74 Å². The lowest BCUT2D eigenvalue weighted by Crippen LogP contribution is -2.35. The third-order valence-corrected chi connectivity index (χ3v) is 3.15. The van der Waals surface area contributed by atoms with Gasteiger partial charge in [-0.05, 0) is 25.7 Å². The average Bonchev–Trinajstić information content (AvgIpc) is 2.06. The molecule has 0 unspecified atom stereocenters. The summed E-state index contributed by atoms with van der Waals surface area (Å²) in [6, 6.07) is 0. The Hall–Kier alpha value is -0.370. The Balaban J connectivity index is 2.59. The molecule has 2 heteroatoms. The maximum Gasteiger partial charge on any atom is 0.135 e. The van der Waals surface area contributed by atoms with Crippen molar-refractivity contribution in [3.05, 3.63) is 0 Å². The van der Waals surface area contributed by atoms with Gasteiger partial charge in [0.15, 0.2) is 0 Å². The first kappa shape index (κ1) is 9.72. The molecule has 1 saturated heterocycles. The zero-order chi connectivity index (χ0) is 9.19. The zero-order valence-electron chi connectivity index (χ0n) is 8.22. The van der Waals surface area contributed by atoms with Crippen molar-refractivity contribution in [2.75, 3.05) is 13.2 Å². The summed E-state index contributed by atoms with van der Waals surface area (Å²) in [5.41, 5.74) is -0.149. The van der Waals surface area contributed by atoms with Crippen LogP contribution in [0.25, 0.3) is 0 Å². The maximum absolute atomic E-state index is 11.3. The summed E-state index contributed by atoms with van der Waals surface area (Å²) in [4.78, 5) is 11.3. The van der Waals surface area contributed by atoms with Crippen molar-refractivity contribution in [3.8, 4) is 0 Å². The Morgan fingerprint density at radius 3 is 2.25 bits per heavy atom. The quantitative estimate of drug-likeness (QED) is 0.634. The molecule has 0 aromatic heterocycles. The fraction of sp³-hybridized carbons (Fsp3) is 0.900. The standard InChI is InChI=1S/C10H18O2/c1-8(11)10(2,3)9-4-6-12-7-5-9/h9H,4-7H2,1-3H3. The van der Waals surface area contributed by atoms with E-state index < -0.39 is 0 Å². The Labute approximate surface area is 74.3 Å². The third kappa shape index (κ3) is 1.86. The Morgan fingerprint density at radius 2 is 1.83 bits per heavy atom. The molecule has 0 spiro atoms. The van der Waals surface area contributed by atoms with Gasteiger partial charge in [-0.25, -0.2) is 0 Å². The van der Waals surface area contributed by atoms with E-state index in [1.807, 2.05) is 13.8 Å². The highest BCUT2D eigenvalue weighted by Gasteiger charge is 2.34. The number of Topliss-reactive ketones (excluding diaryl/α,β-unsaturated/α-hetero) is 1. The molecule has 0 N–H and O–H groups in total. The maximum atomic E-state index is 11.3. The minimum atomic E-state index is -0.149. The average molecular weight is 170 g/mol. The van der Waals surface area contributed by atoms with Crippen molar-refractivity contribution in [3.63, 3.8) is 0 Å². The summed E-state index contributed by atoms with van der Waals surface area (Å²) < 4.78 is 5.26. The van der Waals surface area contributed by atoms with Gasteiger partial charge in [-0.3, -0.25) is 4.79 Å². The van der Waals surface area contributed by atoms with E-state index >= 15 is 0 Å². The fourth-order valence-corrected chi connectivity index (χ4v) is 1.71. The lowest BCUT2D eigenvalue weighted by atomic mass is 9.72. The molecule has 0 aromatic carbocycles. The summed E-state index contributed by atoms with van der Waals surface area (Å²) in [7, 11) is 0. The van der Waals surface area contributed by atoms with Crippen molar-refractivity contribution in [1.82, 2.24) is 0 Å². The predicted molar refractivity (Wildman–Crippen MR) is 48.0 cm³/mol. The molecule has 1 aliphatic rings. The Kier molecular flexibility index (Phi) is 2.89. The number of rotatable bonds is 2. The van der Waals surface area contributed by atoms with E-state index in [1.54, 1.807) is 6.92 Å². The molecule has 2 nitrogen and oxygen atoms in total. The number of carbonyl (C=O) groups is 1. The number of hydrogen-bond donors (Lipinski definition) is 0. The molecule has 70 valence electrons. The molecule has 1 rings (SSSR count).